The molecule has 0 saturated heterocycles. The molecule has 0 unspecified atom stereocenters. The number of nitrogens with zero attached hydrogens (tertiary/aromatic N) is 1. The topological polar surface area (TPSA) is 57.5 Å². The number of benzene rings is 1. The molecule has 0 saturated carbocycles. The largest absolute Gasteiger partial charge is 0.462 e. The predicted molar refractivity (Wildman–Crippen MR) is 85.2 cm³/mol. The predicted octanol–water partition coefficient (Wildman–Crippen LogP) is 2.74. The molecule has 23 heavy (non-hydrogen) atoms. The maximum Gasteiger partial charge on any atom is 0.343 e. The van der Waals surface area contributed by atoms with Crippen LogP contribution < -0.4 is 5.43 Å². The fourth-order valence-electron chi connectivity index (χ4n) is 2.47. The van der Waals surface area contributed by atoms with E-state index in [1.54, 1.807) is 18.6 Å². The zero-order valence-electron chi connectivity index (χ0n) is 13.3. The highest BCUT2D eigenvalue weighted by atomic mass is 19.1. The first-order chi connectivity index (χ1) is 11.1. The summed E-state index contributed by atoms with van der Waals surface area (Å²) in [6.45, 7) is 2.92. The van der Waals surface area contributed by atoms with Crippen LogP contribution in [0.1, 0.15) is 30.1 Å². The van der Waals surface area contributed by atoms with E-state index in [4.69, 9.17) is 9.47 Å². The van der Waals surface area contributed by atoms with E-state index in [1.807, 2.05) is 0 Å². The normalized spacial score (nSPS) is 10.9. The summed E-state index contributed by atoms with van der Waals surface area (Å²) in [6, 6.07) is 4.29. The molecule has 0 aliphatic rings. The fourth-order valence-corrected chi connectivity index (χ4v) is 2.47. The van der Waals surface area contributed by atoms with Crippen LogP contribution in [0.25, 0.3) is 10.9 Å². The van der Waals surface area contributed by atoms with Gasteiger partial charge in [0.1, 0.15) is 11.4 Å². The lowest BCUT2D eigenvalue weighted by atomic mass is 10.1. The van der Waals surface area contributed by atoms with E-state index >= 15 is 0 Å². The van der Waals surface area contributed by atoms with Crippen molar-refractivity contribution >= 4 is 16.9 Å². The lowest BCUT2D eigenvalue weighted by Gasteiger charge is -2.13. The van der Waals surface area contributed by atoms with Crippen molar-refractivity contribution < 1.29 is 18.7 Å². The number of unbranched alkanes of at least 4 members (excludes halogenated alkanes) is 1. The minimum Gasteiger partial charge on any atom is -0.462 e. The molecule has 1 aromatic heterocycles. The van der Waals surface area contributed by atoms with Gasteiger partial charge in [0.2, 0.25) is 5.43 Å². The van der Waals surface area contributed by atoms with Gasteiger partial charge >= 0.3 is 5.97 Å². The summed E-state index contributed by atoms with van der Waals surface area (Å²) >= 11 is 0. The fraction of sp³-hybridized carbons (Fsp3) is 0.412. The maximum absolute atomic E-state index is 14.2. The Labute approximate surface area is 133 Å². The Morgan fingerprint density at radius 3 is 2.78 bits per heavy atom. The van der Waals surface area contributed by atoms with Crippen LogP contribution in [0.4, 0.5) is 4.39 Å². The van der Waals surface area contributed by atoms with Crippen LogP contribution in [0.3, 0.4) is 0 Å². The number of esters is 1. The van der Waals surface area contributed by atoms with Crippen molar-refractivity contribution in [2.24, 2.45) is 0 Å². The Morgan fingerprint density at radius 1 is 1.30 bits per heavy atom. The number of aryl methyl sites for hydroxylation is 1. The van der Waals surface area contributed by atoms with E-state index < -0.39 is 17.2 Å². The standard InChI is InChI=1S/C17H20FNO4/c1-3-23-17(21)13-11-19(9-4-5-10-22-2)15-12(16(13)20)7-6-8-14(15)18/h6-8,11H,3-5,9-10H2,1-2H3. The van der Waals surface area contributed by atoms with Crippen LogP contribution in [0.15, 0.2) is 29.2 Å². The molecular formula is C17H20FNO4. The zero-order chi connectivity index (χ0) is 16.8. The first-order valence-electron chi connectivity index (χ1n) is 7.57. The van der Waals surface area contributed by atoms with Crippen molar-refractivity contribution in [1.82, 2.24) is 4.57 Å². The molecule has 0 spiro atoms. The number of aromatic nitrogens is 1. The molecule has 0 amide bonds. The number of para-hydroxylation sites is 1. The number of hydrogen-bond donors (Lipinski definition) is 0. The summed E-state index contributed by atoms with van der Waals surface area (Å²) in [5.41, 5.74) is -0.370. The van der Waals surface area contributed by atoms with Crippen molar-refractivity contribution in [3.05, 3.63) is 46.0 Å². The molecule has 5 nitrogen and oxygen atoms in total. The van der Waals surface area contributed by atoms with E-state index in [-0.39, 0.29) is 23.1 Å². The van der Waals surface area contributed by atoms with Gasteiger partial charge in [-0.2, -0.15) is 0 Å². The molecule has 6 heteroatoms. The Hall–Kier alpha value is -2.21. The summed E-state index contributed by atoms with van der Waals surface area (Å²) in [5.74, 6) is -1.17. The Morgan fingerprint density at radius 2 is 2.09 bits per heavy atom. The maximum atomic E-state index is 14.2. The number of carbonyl (C=O) groups excluding carboxylic acids is 1. The lowest BCUT2D eigenvalue weighted by molar-refractivity contribution is 0.0524. The van der Waals surface area contributed by atoms with Gasteiger partial charge in [-0.3, -0.25) is 4.79 Å². The number of halogens is 1. The van der Waals surface area contributed by atoms with E-state index in [0.29, 0.717) is 13.2 Å². The Bertz CT molecular complexity index is 754. The minimum absolute atomic E-state index is 0.0725. The molecule has 2 rings (SSSR count). The van der Waals surface area contributed by atoms with Crippen LogP contribution in [0, 0.1) is 5.82 Å². The number of pyridine rings is 1. The van der Waals surface area contributed by atoms with Crippen molar-refractivity contribution in [1.29, 1.82) is 0 Å². The molecule has 0 aliphatic heterocycles. The number of carbonyl (C=O) groups is 1. The summed E-state index contributed by atoms with van der Waals surface area (Å²) in [6.07, 6.45) is 2.92. The minimum atomic E-state index is -0.686. The second-order valence-electron chi connectivity index (χ2n) is 5.12. The third-order valence-corrected chi connectivity index (χ3v) is 3.54. The molecule has 0 aliphatic carbocycles. The molecule has 0 atom stereocenters. The van der Waals surface area contributed by atoms with Crippen molar-refractivity contribution in [2.45, 2.75) is 26.3 Å². The third-order valence-electron chi connectivity index (χ3n) is 3.54. The average molecular weight is 321 g/mol. The first-order valence-corrected chi connectivity index (χ1v) is 7.57. The van der Waals surface area contributed by atoms with Gasteiger partial charge in [-0.1, -0.05) is 6.07 Å². The van der Waals surface area contributed by atoms with Gasteiger partial charge in [-0.25, -0.2) is 9.18 Å². The number of fused-ring (bicyclic) bond motifs is 1. The van der Waals surface area contributed by atoms with Gasteiger partial charge in [0, 0.05) is 31.8 Å². The molecule has 124 valence electrons. The summed E-state index contributed by atoms with van der Waals surface area (Å²) in [5, 5.41) is 0.183. The van der Waals surface area contributed by atoms with Gasteiger partial charge in [0.15, 0.2) is 0 Å². The summed E-state index contributed by atoms with van der Waals surface area (Å²) in [4.78, 5) is 24.4. The number of methoxy groups -OCH3 is 1. The van der Waals surface area contributed by atoms with Crippen LogP contribution in [-0.2, 0) is 16.0 Å². The number of ether oxygens (including phenoxy) is 2. The molecule has 0 radical (unpaired) electrons. The van der Waals surface area contributed by atoms with E-state index in [2.05, 4.69) is 0 Å². The highest BCUT2D eigenvalue weighted by Gasteiger charge is 2.18. The van der Waals surface area contributed by atoms with Gasteiger partial charge in [0.25, 0.3) is 0 Å². The van der Waals surface area contributed by atoms with Crippen LogP contribution in [-0.4, -0.2) is 30.9 Å². The Kier molecular flexibility index (Phi) is 5.87. The lowest BCUT2D eigenvalue weighted by Crippen LogP contribution is -2.21. The smallest absolute Gasteiger partial charge is 0.343 e. The highest BCUT2D eigenvalue weighted by molar-refractivity contribution is 5.93. The first kappa shape index (κ1) is 17.1. The van der Waals surface area contributed by atoms with E-state index in [0.717, 1.165) is 12.8 Å². The third kappa shape index (κ3) is 3.76. The van der Waals surface area contributed by atoms with Crippen molar-refractivity contribution in [3.63, 3.8) is 0 Å². The number of rotatable bonds is 7. The molecule has 0 N–H and O–H groups in total. The quantitative estimate of drug-likeness (QED) is 0.581. The van der Waals surface area contributed by atoms with Crippen LogP contribution in [0.5, 0.6) is 0 Å². The molecule has 2 aromatic rings. The second kappa shape index (κ2) is 7.87. The van der Waals surface area contributed by atoms with Crippen LogP contribution >= 0.6 is 0 Å². The average Bonchev–Trinajstić information content (AvgIpc) is 2.54. The van der Waals surface area contributed by atoms with Gasteiger partial charge in [-0.15, -0.1) is 0 Å². The highest BCUT2D eigenvalue weighted by Crippen LogP contribution is 2.17. The van der Waals surface area contributed by atoms with Crippen LogP contribution in [0.2, 0.25) is 0 Å². The van der Waals surface area contributed by atoms with E-state index in [9.17, 15) is 14.0 Å². The van der Waals surface area contributed by atoms with Gasteiger partial charge < -0.3 is 14.0 Å². The van der Waals surface area contributed by atoms with Gasteiger partial charge in [-0.05, 0) is 31.9 Å². The van der Waals surface area contributed by atoms with Crippen molar-refractivity contribution in [2.75, 3.05) is 20.3 Å². The summed E-state index contributed by atoms with van der Waals surface area (Å²) in [7, 11) is 1.62. The molecule has 1 heterocycles. The molecular weight excluding hydrogens is 301 g/mol. The molecule has 0 bridgehead atoms. The number of hydrogen-bond acceptors (Lipinski definition) is 4. The second-order valence-corrected chi connectivity index (χ2v) is 5.12. The van der Waals surface area contributed by atoms with Gasteiger partial charge in [0.05, 0.1) is 12.1 Å². The summed E-state index contributed by atoms with van der Waals surface area (Å²) < 4.78 is 25.7. The molecule has 0 fully saturated rings. The monoisotopic (exact) mass is 321 g/mol. The molecule has 1 aromatic carbocycles. The SMILES string of the molecule is CCOC(=O)c1cn(CCCCOC)c2c(F)cccc2c1=O. The van der Waals surface area contributed by atoms with Crippen molar-refractivity contribution in [3.8, 4) is 0 Å². The zero-order valence-corrected chi connectivity index (χ0v) is 13.3. The van der Waals surface area contributed by atoms with E-state index in [1.165, 1.54) is 24.4 Å². The Balaban J connectivity index is 2.51.